The molecule has 110 valence electrons. The van der Waals surface area contributed by atoms with Crippen molar-refractivity contribution in [2.45, 2.75) is 83.2 Å². The molecule has 0 spiro atoms. The molecule has 3 heteroatoms. The highest BCUT2D eigenvalue weighted by atomic mass is 16.2. The van der Waals surface area contributed by atoms with Crippen LogP contribution in [-0.4, -0.2) is 28.9 Å². The Hall–Kier alpha value is -0.570. The molecule has 1 amide bonds. The van der Waals surface area contributed by atoms with Crippen LogP contribution in [0.4, 0.5) is 0 Å². The molecule has 2 N–H and O–H groups in total. The quantitative estimate of drug-likeness (QED) is 0.803. The zero-order chi connectivity index (χ0) is 13.9. The lowest BCUT2D eigenvalue weighted by atomic mass is 9.75. The van der Waals surface area contributed by atoms with E-state index in [9.17, 15) is 4.79 Å². The first-order valence-corrected chi connectivity index (χ1v) is 8.08. The number of rotatable bonds is 6. The zero-order valence-electron chi connectivity index (χ0n) is 12.7. The Kier molecular flexibility index (Phi) is 4.88. The molecule has 0 heterocycles. The summed E-state index contributed by atoms with van der Waals surface area (Å²) >= 11 is 0. The van der Waals surface area contributed by atoms with Crippen LogP contribution in [-0.2, 0) is 4.79 Å². The highest BCUT2D eigenvalue weighted by Gasteiger charge is 2.37. The van der Waals surface area contributed by atoms with Crippen molar-refractivity contribution >= 4 is 5.91 Å². The molecule has 0 atom stereocenters. The van der Waals surface area contributed by atoms with Crippen LogP contribution in [0.5, 0.6) is 0 Å². The fourth-order valence-corrected chi connectivity index (χ4v) is 3.33. The van der Waals surface area contributed by atoms with Crippen molar-refractivity contribution in [2.75, 3.05) is 6.54 Å². The van der Waals surface area contributed by atoms with Gasteiger partial charge in [-0.15, -0.1) is 0 Å². The summed E-state index contributed by atoms with van der Waals surface area (Å²) in [5.74, 6) is 0.974. The van der Waals surface area contributed by atoms with Crippen LogP contribution in [0.3, 0.4) is 0 Å². The van der Waals surface area contributed by atoms with Crippen molar-refractivity contribution in [3.8, 4) is 0 Å². The smallest absolute Gasteiger partial charge is 0.224 e. The molecule has 0 radical (unpaired) electrons. The summed E-state index contributed by atoms with van der Waals surface area (Å²) in [6.45, 7) is 5.39. The van der Waals surface area contributed by atoms with E-state index < -0.39 is 0 Å². The Morgan fingerprint density at radius 2 is 1.89 bits per heavy atom. The predicted molar refractivity (Wildman–Crippen MR) is 78.8 cm³/mol. The summed E-state index contributed by atoms with van der Waals surface area (Å²) in [7, 11) is 0. The summed E-state index contributed by atoms with van der Waals surface area (Å²) in [6.07, 6.45) is 9.89. The lowest BCUT2D eigenvalue weighted by Gasteiger charge is -2.40. The third-order valence-corrected chi connectivity index (χ3v) is 4.89. The van der Waals surface area contributed by atoms with Gasteiger partial charge in [-0.3, -0.25) is 4.79 Å². The number of amides is 1. The van der Waals surface area contributed by atoms with Crippen LogP contribution in [0, 0.1) is 5.92 Å². The van der Waals surface area contributed by atoms with Gasteiger partial charge in [-0.1, -0.05) is 26.7 Å². The van der Waals surface area contributed by atoms with Crippen LogP contribution in [0.2, 0.25) is 0 Å². The van der Waals surface area contributed by atoms with Gasteiger partial charge in [-0.05, 0) is 44.4 Å². The first-order valence-electron chi connectivity index (χ1n) is 8.08. The number of hydrogen-bond acceptors (Lipinski definition) is 2. The minimum atomic E-state index is -0.175. The number of hydrogen-bond donors (Lipinski definition) is 1. The average Bonchev–Trinajstić information content (AvgIpc) is 2.80. The maximum Gasteiger partial charge on any atom is 0.224 e. The third kappa shape index (κ3) is 3.95. The van der Waals surface area contributed by atoms with Crippen molar-refractivity contribution in [2.24, 2.45) is 11.7 Å². The molecule has 2 aliphatic carbocycles. The molecular formula is C16H30N2O. The lowest BCUT2D eigenvalue weighted by Crippen LogP contribution is -2.52. The van der Waals surface area contributed by atoms with E-state index in [1.54, 1.807) is 0 Å². The van der Waals surface area contributed by atoms with E-state index in [0.717, 1.165) is 25.8 Å². The SMILES string of the molecule is CC(C)CCN(C(=O)CC1(N)CCC1)C1CCCC1. The van der Waals surface area contributed by atoms with Gasteiger partial charge in [-0.2, -0.15) is 0 Å². The molecule has 0 aromatic heterocycles. The topological polar surface area (TPSA) is 46.3 Å². The summed E-state index contributed by atoms with van der Waals surface area (Å²) in [4.78, 5) is 14.8. The van der Waals surface area contributed by atoms with Crippen molar-refractivity contribution in [3.63, 3.8) is 0 Å². The fraction of sp³-hybridized carbons (Fsp3) is 0.938. The molecule has 3 nitrogen and oxygen atoms in total. The van der Waals surface area contributed by atoms with Crippen LogP contribution in [0.15, 0.2) is 0 Å². The van der Waals surface area contributed by atoms with Gasteiger partial charge < -0.3 is 10.6 Å². The summed E-state index contributed by atoms with van der Waals surface area (Å²) in [5.41, 5.74) is 6.07. The number of nitrogens with two attached hydrogens (primary N) is 1. The van der Waals surface area contributed by atoms with E-state index in [-0.39, 0.29) is 5.54 Å². The Morgan fingerprint density at radius 3 is 2.37 bits per heavy atom. The van der Waals surface area contributed by atoms with E-state index in [0.29, 0.717) is 24.3 Å². The molecule has 2 rings (SSSR count). The Balaban J connectivity index is 1.92. The maximum absolute atomic E-state index is 12.6. The molecular weight excluding hydrogens is 236 g/mol. The fourth-order valence-electron chi connectivity index (χ4n) is 3.33. The number of carbonyl (C=O) groups excluding carboxylic acids is 1. The van der Waals surface area contributed by atoms with E-state index in [1.807, 2.05) is 0 Å². The standard InChI is InChI=1S/C16H30N2O/c1-13(2)8-11-18(14-6-3-4-7-14)15(19)12-16(17)9-5-10-16/h13-14H,3-12,17H2,1-2H3. The molecule has 2 fully saturated rings. The van der Waals surface area contributed by atoms with Gasteiger partial charge in [0.15, 0.2) is 0 Å². The van der Waals surface area contributed by atoms with Crippen molar-refractivity contribution < 1.29 is 4.79 Å². The van der Waals surface area contributed by atoms with Gasteiger partial charge in [-0.25, -0.2) is 0 Å². The highest BCUT2D eigenvalue weighted by molar-refractivity contribution is 5.78. The van der Waals surface area contributed by atoms with Crippen LogP contribution >= 0.6 is 0 Å². The van der Waals surface area contributed by atoms with Crippen molar-refractivity contribution in [1.82, 2.24) is 4.90 Å². The minimum absolute atomic E-state index is 0.175. The first-order chi connectivity index (χ1) is 9.00. The van der Waals surface area contributed by atoms with Gasteiger partial charge in [0.2, 0.25) is 5.91 Å². The number of carbonyl (C=O) groups is 1. The molecule has 0 unspecified atom stereocenters. The summed E-state index contributed by atoms with van der Waals surface area (Å²) in [5, 5.41) is 0. The maximum atomic E-state index is 12.6. The van der Waals surface area contributed by atoms with Crippen LogP contribution in [0.25, 0.3) is 0 Å². The average molecular weight is 266 g/mol. The van der Waals surface area contributed by atoms with Crippen molar-refractivity contribution in [3.05, 3.63) is 0 Å². The second-order valence-corrected chi connectivity index (χ2v) is 7.10. The molecule has 0 saturated heterocycles. The molecule has 0 aliphatic heterocycles. The molecule has 0 aromatic rings. The van der Waals surface area contributed by atoms with E-state index >= 15 is 0 Å². The van der Waals surface area contributed by atoms with E-state index in [4.69, 9.17) is 5.73 Å². The van der Waals surface area contributed by atoms with E-state index in [2.05, 4.69) is 18.7 Å². The molecule has 19 heavy (non-hydrogen) atoms. The Morgan fingerprint density at radius 1 is 1.26 bits per heavy atom. The van der Waals surface area contributed by atoms with Gasteiger partial charge in [0, 0.05) is 24.5 Å². The van der Waals surface area contributed by atoms with Gasteiger partial charge in [0.05, 0.1) is 0 Å². The highest BCUT2D eigenvalue weighted by Crippen LogP contribution is 2.34. The van der Waals surface area contributed by atoms with Crippen LogP contribution < -0.4 is 5.73 Å². The summed E-state index contributed by atoms with van der Waals surface area (Å²) in [6, 6.07) is 0.495. The largest absolute Gasteiger partial charge is 0.340 e. The monoisotopic (exact) mass is 266 g/mol. The van der Waals surface area contributed by atoms with Gasteiger partial charge in [0.25, 0.3) is 0 Å². The number of nitrogens with zero attached hydrogens (tertiary/aromatic N) is 1. The summed E-state index contributed by atoms with van der Waals surface area (Å²) < 4.78 is 0. The normalized spacial score (nSPS) is 22.5. The lowest BCUT2D eigenvalue weighted by molar-refractivity contribution is -0.135. The predicted octanol–water partition coefficient (Wildman–Crippen LogP) is 3.08. The molecule has 2 aliphatic rings. The van der Waals surface area contributed by atoms with E-state index in [1.165, 1.54) is 32.1 Å². The first kappa shape index (κ1) is 14.8. The molecule has 0 bridgehead atoms. The Labute approximate surface area is 117 Å². The second kappa shape index (κ2) is 6.25. The van der Waals surface area contributed by atoms with Gasteiger partial charge in [0.1, 0.15) is 0 Å². The molecule has 0 aromatic carbocycles. The second-order valence-electron chi connectivity index (χ2n) is 7.10. The zero-order valence-corrected chi connectivity index (χ0v) is 12.7. The Bertz CT molecular complexity index is 304. The minimum Gasteiger partial charge on any atom is -0.340 e. The van der Waals surface area contributed by atoms with Crippen molar-refractivity contribution in [1.29, 1.82) is 0 Å². The van der Waals surface area contributed by atoms with Gasteiger partial charge >= 0.3 is 0 Å². The molecule has 2 saturated carbocycles. The third-order valence-electron chi connectivity index (χ3n) is 4.89. The van der Waals surface area contributed by atoms with Crippen LogP contribution in [0.1, 0.15) is 71.6 Å².